The van der Waals surface area contributed by atoms with E-state index in [4.69, 9.17) is 47.4 Å². The van der Waals surface area contributed by atoms with E-state index in [0.29, 0.717) is 12.8 Å². The maximum atomic E-state index is 13.4. The first kappa shape index (κ1) is 114. The monoisotopic (exact) mass is 2190 g/mol. The molecule has 0 aromatic carbocycles. The maximum Gasteiger partial charge on any atom is 0.397 e. The summed E-state index contributed by atoms with van der Waals surface area (Å²) in [4.78, 5) is 0. The highest BCUT2D eigenvalue weighted by Crippen LogP contribution is 2.44. The molecule has 74 nitrogen and oxygen atoms in total. The Hall–Kier alpha value is -2.48. The van der Waals surface area contributed by atoms with E-state index in [1.165, 1.54) is 0 Å². The van der Waals surface area contributed by atoms with Crippen molar-refractivity contribution in [2.24, 2.45) is 0 Å². The third-order valence-electron chi connectivity index (χ3n) is 14.9. The van der Waals surface area contributed by atoms with Crippen molar-refractivity contribution in [1.82, 2.24) is 0 Å². The molecule has 5 fully saturated rings. The minimum absolute atomic E-state index is 0.0884. The van der Waals surface area contributed by atoms with Crippen LogP contribution in [0.1, 0.15) is 32.6 Å². The molecule has 5 rings (SSSR count). The van der Waals surface area contributed by atoms with Gasteiger partial charge in [-0.1, -0.05) is 26.2 Å². The molecular formula is C36H64O74S16. The molecule has 0 radical (unpaired) electrons. The Bertz CT molecular complexity index is 5690. The van der Waals surface area contributed by atoms with Gasteiger partial charge in [0, 0.05) is 6.61 Å². The van der Waals surface area contributed by atoms with Crippen molar-refractivity contribution in [3.05, 3.63) is 0 Å². The van der Waals surface area contributed by atoms with Gasteiger partial charge < -0.3 is 47.4 Å². The van der Waals surface area contributed by atoms with Gasteiger partial charge in [0.25, 0.3) is 0 Å². The number of ether oxygens (including phenoxy) is 10. The molecule has 0 spiro atoms. The van der Waals surface area contributed by atoms with Crippen molar-refractivity contribution < 1.29 is 322 Å². The van der Waals surface area contributed by atoms with E-state index in [-0.39, 0.29) is 12.8 Å². The SMILES string of the molecule is CCCCCCO[C@@H]1O[C@H](COS(=O)(=O)O)[C@@H](OS(=O)(=O)O)[C@H](O[C@@H]2O[C@H](COS(=O)(=O)O)[C@@H](OS(=O)(=O)O)[C@H](O[C@@H]3O[C@H](COS(=O)(=O)O)[C@@H](OS(=O)(=O)O)[C@H](O[C@@H]4O[C@H](COS(=O)(=O)O)[C@@H](OS(=O)(=O)O)[C@H](O[C@@H]5O[C@H](COS(=O)(=O)O)[C@@H](OS(=O)(=O)O)[C@H](OS(=O)(=O)O)[C@H]5OS(=O)(=O)O)[C@H]4OS(=O)(=O)O)[C@H]3OS(=O)(=O)O)[C@H]2OS(=O)(=O)O)[C@H]1OS(=O)(=O)O. The topological polar surface area (TPSA) is 1110 Å². The average Bonchev–Trinajstić information content (AvgIpc) is 0.746. The second-order valence-electron chi connectivity index (χ2n) is 24.0. The van der Waals surface area contributed by atoms with Crippen molar-refractivity contribution in [3.8, 4) is 0 Å². The minimum Gasteiger partial charge on any atom is -0.350 e. The molecule has 5 aliphatic heterocycles. The van der Waals surface area contributed by atoms with E-state index in [2.05, 4.69) is 66.9 Å². The van der Waals surface area contributed by atoms with Crippen LogP contribution in [0.4, 0.5) is 0 Å². The fourth-order valence-electron chi connectivity index (χ4n) is 11.1. The lowest BCUT2D eigenvalue weighted by Crippen LogP contribution is -2.70. The van der Waals surface area contributed by atoms with E-state index in [0.717, 1.165) is 0 Å². The molecule has 5 aliphatic rings. The highest BCUT2D eigenvalue weighted by molar-refractivity contribution is 7.84. The Morgan fingerprint density at radius 3 is 0.532 bits per heavy atom. The van der Waals surface area contributed by atoms with E-state index in [1.807, 2.05) is 0 Å². The Labute approximate surface area is 709 Å². The molecule has 0 amide bonds. The second kappa shape index (κ2) is 43.3. The van der Waals surface area contributed by atoms with Gasteiger partial charge in [0.15, 0.2) is 62.0 Å². The summed E-state index contributed by atoms with van der Waals surface area (Å²) in [5.41, 5.74) is 0. The van der Waals surface area contributed by atoms with Crippen molar-refractivity contribution in [3.63, 3.8) is 0 Å². The fourth-order valence-corrected chi connectivity index (χ4v) is 18.1. The predicted molar refractivity (Wildman–Crippen MR) is 361 cm³/mol. The maximum absolute atomic E-state index is 13.4. The second-order valence-corrected chi connectivity index (χ2v) is 41.0. The first-order valence-electron chi connectivity index (χ1n) is 31.1. The molecule has 0 unspecified atom stereocenters. The zero-order valence-corrected chi connectivity index (χ0v) is 72.9. The molecule has 0 aromatic heterocycles. The summed E-state index contributed by atoms with van der Waals surface area (Å²) >= 11 is 0. The summed E-state index contributed by atoms with van der Waals surface area (Å²) in [6.07, 6.45) is -94.8. The van der Waals surface area contributed by atoms with Crippen LogP contribution in [0.15, 0.2) is 0 Å². The van der Waals surface area contributed by atoms with Gasteiger partial charge in [0.05, 0.1) is 33.0 Å². The van der Waals surface area contributed by atoms with Gasteiger partial charge in [0.2, 0.25) is 0 Å². The van der Waals surface area contributed by atoms with Crippen LogP contribution in [0.25, 0.3) is 0 Å². The first-order chi connectivity index (χ1) is 56.3. The lowest BCUT2D eigenvalue weighted by atomic mass is 9.95. The highest BCUT2D eigenvalue weighted by Gasteiger charge is 2.65. The van der Waals surface area contributed by atoms with Crippen molar-refractivity contribution in [2.45, 2.75) is 186 Å². The quantitative estimate of drug-likeness (QED) is 0.0199. The zero-order valence-electron chi connectivity index (χ0n) is 59.9. The van der Waals surface area contributed by atoms with Crippen LogP contribution in [0.5, 0.6) is 0 Å². The largest absolute Gasteiger partial charge is 0.397 e. The first-order valence-corrected chi connectivity index (χ1v) is 53.0. The summed E-state index contributed by atoms with van der Waals surface area (Å²) in [6, 6.07) is 0. The normalized spacial score (nSPS) is 32.3. The summed E-state index contributed by atoms with van der Waals surface area (Å²) in [5.74, 6) is 0. The summed E-state index contributed by atoms with van der Waals surface area (Å²) in [5, 5.41) is 0. The number of unbranched alkanes of at least 4 members (excludes halogenated alkanes) is 3. The standard InChI is InChI=1S/C36H64O74S16/c1-2-3-4-5-6-85-32-27(106-122(70,71)72)22(17(100-116(52,53)54)12(91-32)7-86-111(37,38)39)96-33-28(107-123(73,74)75)23(18(101-117(55,56)57)13(92-33)8-87-112(40,41)42)97-34-29(108-124(76,77)78)24(19(102-118(58,59)60)14(93-34)9-88-113(43,44)45)98-35-30(109-125(79,80)81)25(20(103-119(61,62)63)15(94-35)10-89-114(46,47)48)99-36-31(110-126(82,83)84)26(105-121(67,68)69)21(104-120(64,65)66)16(95-36)11-90-115(49,50)51/h12-36H,2-11H2,1H3,(H,37,38,39)(H,40,41,42)(H,43,44,45)(H,46,47,48)(H,49,50,51)(H,52,53,54)(H,55,56,57)(H,58,59,60)(H,61,62,63)(H,64,65,66)(H,67,68,69)(H,70,71,72)(H,73,74,75)(H,76,77,78)(H,79,80,81)(H,82,83,84)/t12-,13-,14-,15-,16-,17-,18-,19-,20-,21-,22+,23+,24+,25+,26+,27-,28-,29-,30-,31-,32-,33+,34+,35+,36+/m1/s1. The van der Waals surface area contributed by atoms with Crippen LogP contribution in [-0.2, 0) is 281 Å². The molecule has 90 heteroatoms. The smallest absolute Gasteiger partial charge is 0.350 e. The molecule has 0 saturated carbocycles. The Morgan fingerprint density at radius 1 is 0.190 bits per heavy atom. The predicted octanol–water partition coefficient (Wildman–Crippen LogP) is -12.1. The number of rotatable bonds is 51. The van der Waals surface area contributed by atoms with Crippen LogP contribution >= 0.6 is 0 Å². The van der Waals surface area contributed by atoms with Crippen LogP contribution < -0.4 is 0 Å². The van der Waals surface area contributed by atoms with Gasteiger partial charge in [-0.15, -0.1) is 0 Å². The van der Waals surface area contributed by atoms with Gasteiger partial charge in [-0.3, -0.25) is 72.8 Å². The molecular weight excluding hydrogens is 2130 g/mol. The Balaban J connectivity index is 2.06. The van der Waals surface area contributed by atoms with Crippen LogP contribution in [0.2, 0.25) is 0 Å². The Morgan fingerprint density at radius 2 is 0.349 bits per heavy atom. The van der Waals surface area contributed by atoms with Crippen molar-refractivity contribution in [2.75, 3.05) is 39.6 Å². The Kier molecular flexibility index (Phi) is 39.1. The highest BCUT2D eigenvalue weighted by atomic mass is 32.3. The molecule has 126 heavy (non-hydrogen) atoms. The van der Waals surface area contributed by atoms with E-state index in [1.54, 1.807) is 6.92 Å². The van der Waals surface area contributed by atoms with Gasteiger partial charge in [-0.2, -0.15) is 135 Å². The lowest BCUT2D eigenvalue weighted by molar-refractivity contribution is -0.385. The molecule has 5 heterocycles. The van der Waals surface area contributed by atoms with E-state index < -0.39 is 360 Å². The fraction of sp³-hybridized carbons (Fsp3) is 1.00. The van der Waals surface area contributed by atoms with Crippen LogP contribution in [0, 0.1) is 0 Å². The van der Waals surface area contributed by atoms with Gasteiger partial charge in [-0.25, -0.2) is 66.9 Å². The van der Waals surface area contributed by atoms with Gasteiger partial charge >= 0.3 is 166 Å². The molecule has 0 aliphatic carbocycles. The van der Waals surface area contributed by atoms with Crippen LogP contribution in [0.3, 0.4) is 0 Å². The minimum atomic E-state index is -7.12. The lowest BCUT2D eigenvalue weighted by Gasteiger charge is -2.51. The molecule has 5 saturated heterocycles. The third-order valence-corrected chi connectivity index (χ3v) is 22.2. The number of hydrogen-bond donors (Lipinski definition) is 16. The summed E-state index contributed by atoms with van der Waals surface area (Å²) < 4.78 is 688. The van der Waals surface area contributed by atoms with E-state index in [9.17, 15) is 208 Å². The zero-order chi connectivity index (χ0) is 96.9. The molecule has 0 bridgehead atoms. The molecule has 0 aromatic rings. The third kappa shape index (κ3) is 41.8. The van der Waals surface area contributed by atoms with Gasteiger partial charge in [-0.05, 0) is 6.42 Å². The molecule has 25 atom stereocenters. The average molecular weight is 2190 g/mol. The summed E-state index contributed by atoms with van der Waals surface area (Å²) in [6.45, 7) is -11.2. The summed E-state index contributed by atoms with van der Waals surface area (Å²) in [7, 11) is -106. The van der Waals surface area contributed by atoms with Crippen LogP contribution in [-0.4, -0.2) is 401 Å². The van der Waals surface area contributed by atoms with Crippen molar-refractivity contribution >= 4 is 166 Å². The van der Waals surface area contributed by atoms with Gasteiger partial charge in [0.1, 0.15) is 91.6 Å². The van der Waals surface area contributed by atoms with Crippen molar-refractivity contribution in [1.29, 1.82) is 0 Å². The number of hydrogen-bond acceptors (Lipinski definition) is 58. The van der Waals surface area contributed by atoms with E-state index >= 15 is 0 Å². The molecule has 748 valence electrons. The molecule has 16 N–H and O–H groups in total.